The molecule has 5 nitrogen and oxygen atoms in total. The van der Waals surface area contributed by atoms with Gasteiger partial charge in [0.15, 0.2) is 0 Å². The lowest BCUT2D eigenvalue weighted by molar-refractivity contribution is 0.281. The zero-order chi connectivity index (χ0) is 14.8. The molecule has 0 unspecified atom stereocenters. The maximum Gasteiger partial charge on any atom is 0.244 e. The Bertz CT molecular complexity index is 577. The number of likely N-dealkylation sites (N-methyl/N-ethyl adjacent to an activating group) is 1. The van der Waals surface area contributed by atoms with E-state index in [1.807, 2.05) is 7.05 Å². The minimum absolute atomic E-state index is 0.104. The van der Waals surface area contributed by atoms with E-state index in [4.69, 9.17) is 5.11 Å². The lowest BCUT2D eigenvalue weighted by atomic mass is 10.2. The number of rotatable bonds is 3. The van der Waals surface area contributed by atoms with Gasteiger partial charge < -0.3 is 10.0 Å². The fourth-order valence-electron chi connectivity index (χ4n) is 2.25. The average molecular weight is 363 g/mol. The second-order valence-corrected chi connectivity index (χ2v) is 7.74. The zero-order valence-corrected chi connectivity index (χ0v) is 13.8. The van der Waals surface area contributed by atoms with Gasteiger partial charge in [-0.25, -0.2) is 8.42 Å². The summed E-state index contributed by atoms with van der Waals surface area (Å²) in [6.07, 6.45) is 0.835. The van der Waals surface area contributed by atoms with E-state index in [2.05, 4.69) is 20.8 Å². The normalized spacial score (nSPS) is 18.9. The third kappa shape index (κ3) is 3.40. The summed E-state index contributed by atoms with van der Waals surface area (Å²) in [7, 11) is -1.48. The molecule has 1 saturated heterocycles. The van der Waals surface area contributed by atoms with E-state index in [0.29, 0.717) is 23.1 Å². The topological polar surface area (TPSA) is 60.9 Å². The number of halogens is 1. The van der Waals surface area contributed by atoms with Gasteiger partial charge in [-0.05, 0) is 53.6 Å². The van der Waals surface area contributed by atoms with Crippen LogP contribution in [0.1, 0.15) is 12.0 Å². The minimum atomic E-state index is -3.49. The monoisotopic (exact) mass is 362 g/mol. The Kier molecular flexibility index (Phi) is 5.19. The fourth-order valence-corrected chi connectivity index (χ4v) is 4.81. The summed E-state index contributed by atoms with van der Waals surface area (Å²) in [5.41, 5.74) is 0.687. The van der Waals surface area contributed by atoms with Gasteiger partial charge in [-0.3, -0.25) is 0 Å². The molecular formula is C13H19BrN2O3S. The van der Waals surface area contributed by atoms with Crippen LogP contribution in [0, 0.1) is 0 Å². The van der Waals surface area contributed by atoms with Crippen molar-refractivity contribution in [3.8, 4) is 0 Å². The third-order valence-corrected chi connectivity index (χ3v) is 6.35. The van der Waals surface area contributed by atoms with Crippen LogP contribution < -0.4 is 0 Å². The molecule has 112 valence electrons. The van der Waals surface area contributed by atoms with E-state index in [0.717, 1.165) is 19.5 Å². The first kappa shape index (κ1) is 15.9. The number of benzene rings is 1. The fraction of sp³-hybridized carbons (Fsp3) is 0.538. The van der Waals surface area contributed by atoms with Crippen LogP contribution in [0.15, 0.2) is 27.6 Å². The highest BCUT2D eigenvalue weighted by atomic mass is 79.9. The summed E-state index contributed by atoms with van der Waals surface area (Å²) in [5.74, 6) is 0. The zero-order valence-electron chi connectivity index (χ0n) is 11.4. The van der Waals surface area contributed by atoms with Crippen molar-refractivity contribution in [2.24, 2.45) is 0 Å². The Morgan fingerprint density at radius 2 is 2.00 bits per heavy atom. The Hall–Kier alpha value is -0.470. The molecule has 1 aromatic carbocycles. The van der Waals surface area contributed by atoms with Crippen molar-refractivity contribution in [3.05, 3.63) is 28.2 Å². The van der Waals surface area contributed by atoms with Crippen molar-refractivity contribution in [1.29, 1.82) is 0 Å². The van der Waals surface area contributed by atoms with E-state index < -0.39 is 10.0 Å². The summed E-state index contributed by atoms with van der Waals surface area (Å²) in [5, 5.41) is 9.08. The highest BCUT2D eigenvalue weighted by Crippen LogP contribution is 2.27. The molecule has 0 aliphatic carbocycles. The largest absolute Gasteiger partial charge is 0.392 e. The Morgan fingerprint density at radius 1 is 1.25 bits per heavy atom. The van der Waals surface area contributed by atoms with Crippen molar-refractivity contribution >= 4 is 26.0 Å². The molecule has 20 heavy (non-hydrogen) atoms. The molecule has 0 atom stereocenters. The van der Waals surface area contributed by atoms with Crippen LogP contribution in [0.5, 0.6) is 0 Å². The van der Waals surface area contributed by atoms with Gasteiger partial charge in [-0.15, -0.1) is 0 Å². The van der Waals surface area contributed by atoms with Crippen LogP contribution >= 0.6 is 15.9 Å². The summed E-state index contributed by atoms with van der Waals surface area (Å²) in [6.45, 7) is 2.60. The summed E-state index contributed by atoms with van der Waals surface area (Å²) in [4.78, 5) is 2.40. The van der Waals surface area contributed by atoms with Crippen LogP contribution in [-0.4, -0.2) is 56.0 Å². The first-order chi connectivity index (χ1) is 9.45. The van der Waals surface area contributed by atoms with Crippen LogP contribution in [0.25, 0.3) is 0 Å². The van der Waals surface area contributed by atoms with Gasteiger partial charge in [0.25, 0.3) is 0 Å². The van der Waals surface area contributed by atoms with E-state index in [-0.39, 0.29) is 11.5 Å². The summed E-state index contributed by atoms with van der Waals surface area (Å²) in [6, 6.07) is 4.85. The molecule has 0 amide bonds. The van der Waals surface area contributed by atoms with Crippen LogP contribution in [0.4, 0.5) is 0 Å². The van der Waals surface area contributed by atoms with Crippen molar-refractivity contribution in [2.45, 2.75) is 17.9 Å². The van der Waals surface area contributed by atoms with Gasteiger partial charge in [-0.2, -0.15) is 4.31 Å². The van der Waals surface area contributed by atoms with E-state index >= 15 is 0 Å². The molecule has 2 rings (SSSR count). The van der Waals surface area contributed by atoms with Crippen molar-refractivity contribution in [2.75, 3.05) is 33.2 Å². The number of aliphatic hydroxyl groups excluding tert-OH is 1. The Balaban J connectivity index is 2.30. The van der Waals surface area contributed by atoms with E-state index in [1.54, 1.807) is 18.2 Å². The van der Waals surface area contributed by atoms with Gasteiger partial charge >= 0.3 is 0 Å². The first-order valence-corrected chi connectivity index (χ1v) is 8.76. The van der Waals surface area contributed by atoms with Gasteiger partial charge in [0.2, 0.25) is 10.0 Å². The van der Waals surface area contributed by atoms with Crippen molar-refractivity contribution in [3.63, 3.8) is 0 Å². The molecule has 1 fully saturated rings. The van der Waals surface area contributed by atoms with Crippen LogP contribution in [0.3, 0.4) is 0 Å². The van der Waals surface area contributed by atoms with Gasteiger partial charge in [-0.1, -0.05) is 6.07 Å². The third-order valence-electron chi connectivity index (χ3n) is 3.48. The molecule has 1 aliphatic heterocycles. The quantitative estimate of drug-likeness (QED) is 0.879. The summed E-state index contributed by atoms with van der Waals surface area (Å²) >= 11 is 3.29. The molecule has 0 radical (unpaired) electrons. The lowest BCUT2D eigenvalue weighted by Crippen LogP contribution is -2.34. The predicted octanol–water partition coefficient (Wildman–Crippen LogP) is 1.27. The molecule has 0 spiro atoms. The molecule has 1 aliphatic rings. The smallest absolute Gasteiger partial charge is 0.244 e. The lowest BCUT2D eigenvalue weighted by Gasteiger charge is -2.21. The van der Waals surface area contributed by atoms with Gasteiger partial charge in [0.05, 0.1) is 11.5 Å². The highest BCUT2D eigenvalue weighted by Gasteiger charge is 2.27. The van der Waals surface area contributed by atoms with Gasteiger partial charge in [0.1, 0.15) is 0 Å². The van der Waals surface area contributed by atoms with E-state index in [1.165, 1.54) is 4.31 Å². The number of aliphatic hydroxyl groups is 1. The van der Waals surface area contributed by atoms with E-state index in [9.17, 15) is 8.42 Å². The number of hydrogen-bond donors (Lipinski definition) is 1. The second-order valence-electron chi connectivity index (χ2n) is 4.98. The molecular weight excluding hydrogens is 344 g/mol. The van der Waals surface area contributed by atoms with Gasteiger partial charge in [0, 0.05) is 24.1 Å². The average Bonchev–Trinajstić information content (AvgIpc) is 2.63. The molecule has 0 saturated carbocycles. The first-order valence-electron chi connectivity index (χ1n) is 6.53. The molecule has 1 heterocycles. The molecule has 7 heteroatoms. The van der Waals surface area contributed by atoms with Crippen LogP contribution in [-0.2, 0) is 16.6 Å². The second kappa shape index (κ2) is 6.53. The predicted molar refractivity (Wildman–Crippen MR) is 80.9 cm³/mol. The maximum absolute atomic E-state index is 12.7. The number of hydrogen-bond acceptors (Lipinski definition) is 4. The SMILES string of the molecule is CN1CCCN(S(=O)(=O)c2ccc(CO)cc2Br)CC1. The standard InChI is InChI=1S/C13H19BrN2O3S/c1-15-5-2-6-16(8-7-15)20(18,19)13-4-3-11(10-17)9-12(13)14/h3-4,9,17H,2,5-8,10H2,1H3. The Labute approximate surface area is 128 Å². The van der Waals surface area contributed by atoms with Crippen molar-refractivity contribution in [1.82, 2.24) is 9.21 Å². The molecule has 1 N–H and O–H groups in total. The van der Waals surface area contributed by atoms with Crippen molar-refractivity contribution < 1.29 is 13.5 Å². The summed E-state index contributed by atoms with van der Waals surface area (Å²) < 4.78 is 27.4. The maximum atomic E-state index is 12.7. The highest BCUT2D eigenvalue weighted by molar-refractivity contribution is 9.10. The number of sulfonamides is 1. The Morgan fingerprint density at radius 3 is 2.65 bits per heavy atom. The minimum Gasteiger partial charge on any atom is -0.392 e. The number of nitrogens with zero attached hydrogens (tertiary/aromatic N) is 2. The molecule has 1 aromatic rings. The molecule has 0 aromatic heterocycles. The molecule has 0 bridgehead atoms. The van der Waals surface area contributed by atoms with Crippen LogP contribution in [0.2, 0.25) is 0 Å².